The molecule has 164 valence electrons. The molecule has 2 heterocycles. The molecule has 1 fully saturated rings. The second-order valence-electron chi connectivity index (χ2n) is 8.88. The van der Waals surface area contributed by atoms with E-state index in [9.17, 15) is 10.4 Å². The number of fused-ring (bicyclic) bond motifs is 1. The zero-order valence-electron chi connectivity index (χ0n) is 18.4. The maximum Gasteiger partial charge on any atom is 0.137 e. The maximum absolute atomic E-state index is 9.97. The number of hydrogen-bond donors (Lipinski definition) is 1. The van der Waals surface area contributed by atoms with Crippen LogP contribution in [0.15, 0.2) is 42.6 Å². The molecule has 2 aromatic carbocycles. The van der Waals surface area contributed by atoms with E-state index in [0.717, 1.165) is 47.8 Å². The second-order valence-corrected chi connectivity index (χ2v) is 9.91. The number of thiazole rings is 1. The average Bonchev–Trinajstić information content (AvgIpc) is 3.52. The van der Waals surface area contributed by atoms with Crippen molar-refractivity contribution in [1.29, 1.82) is 5.26 Å². The van der Waals surface area contributed by atoms with Crippen LogP contribution in [0.3, 0.4) is 0 Å². The van der Waals surface area contributed by atoms with E-state index in [4.69, 9.17) is 4.74 Å². The number of hydrogen-bond acceptors (Lipinski definition) is 6. The quantitative estimate of drug-likeness (QED) is 0.585. The maximum atomic E-state index is 9.97. The van der Waals surface area contributed by atoms with Gasteiger partial charge < -0.3 is 9.84 Å². The Balaban J connectivity index is 1.44. The number of benzene rings is 2. The lowest BCUT2D eigenvalue weighted by atomic mass is 10.0. The normalized spacial score (nSPS) is 20.5. The zero-order chi connectivity index (χ0) is 22.2. The van der Waals surface area contributed by atoms with Crippen molar-refractivity contribution < 1.29 is 9.84 Å². The van der Waals surface area contributed by atoms with Gasteiger partial charge in [-0.3, -0.25) is 4.90 Å². The van der Waals surface area contributed by atoms with Gasteiger partial charge in [-0.25, -0.2) is 4.98 Å². The number of aliphatic hydroxyl groups excluding tert-OH is 1. The second kappa shape index (κ2) is 8.67. The van der Waals surface area contributed by atoms with Crippen LogP contribution in [-0.4, -0.2) is 40.3 Å². The van der Waals surface area contributed by atoms with Gasteiger partial charge in [0.05, 0.1) is 22.6 Å². The topological polar surface area (TPSA) is 69.4 Å². The zero-order valence-corrected chi connectivity index (χ0v) is 19.2. The Morgan fingerprint density at radius 1 is 1.25 bits per heavy atom. The molecular formula is C26H27N3O2S. The molecule has 1 aromatic heterocycles. The molecule has 3 aromatic rings. The Morgan fingerprint density at radius 2 is 2.12 bits per heavy atom. The van der Waals surface area contributed by atoms with Crippen molar-refractivity contribution in [2.45, 2.75) is 51.4 Å². The van der Waals surface area contributed by atoms with Gasteiger partial charge in [0, 0.05) is 30.9 Å². The summed E-state index contributed by atoms with van der Waals surface area (Å²) in [5.41, 5.74) is 5.53. The molecule has 0 saturated carbocycles. The van der Waals surface area contributed by atoms with Crippen LogP contribution >= 0.6 is 11.3 Å². The van der Waals surface area contributed by atoms with Gasteiger partial charge in [0.15, 0.2) is 0 Å². The number of ether oxygens (including phenoxy) is 1. The predicted molar refractivity (Wildman–Crippen MR) is 127 cm³/mol. The van der Waals surface area contributed by atoms with Crippen LogP contribution in [0.4, 0.5) is 0 Å². The molecule has 1 aliphatic carbocycles. The first-order valence-electron chi connectivity index (χ1n) is 11.2. The van der Waals surface area contributed by atoms with Crippen LogP contribution in [0.25, 0.3) is 21.0 Å². The van der Waals surface area contributed by atoms with Crippen molar-refractivity contribution >= 4 is 11.3 Å². The van der Waals surface area contributed by atoms with E-state index < -0.39 is 0 Å². The molecule has 32 heavy (non-hydrogen) atoms. The summed E-state index contributed by atoms with van der Waals surface area (Å²) in [5.74, 6) is 0.613. The summed E-state index contributed by atoms with van der Waals surface area (Å²) in [6, 6.07) is 14.9. The third-order valence-electron chi connectivity index (χ3n) is 6.36. The standard InChI is InChI=1S/C26H27N3O2S/c1-16(2)31-24-9-6-17(12-18(24)13-27)26-28-14-25(32-26)22-5-3-4-21-20(22)7-8-23(21)29-11-10-19(30)15-29/h3-6,9,12,14,16,19,23,30H,7-8,10-11,15H2,1-2H3/t19-,23?/m0/s1. The van der Waals surface area contributed by atoms with Crippen molar-refractivity contribution in [2.24, 2.45) is 0 Å². The molecule has 0 spiro atoms. The highest BCUT2D eigenvalue weighted by atomic mass is 32.1. The fourth-order valence-corrected chi connectivity index (χ4v) is 5.90. The van der Waals surface area contributed by atoms with Crippen molar-refractivity contribution in [2.75, 3.05) is 13.1 Å². The fraction of sp³-hybridized carbons (Fsp3) is 0.385. The highest BCUT2D eigenvalue weighted by Gasteiger charge is 2.33. The first kappa shape index (κ1) is 21.1. The number of likely N-dealkylation sites (tertiary alicyclic amines) is 1. The monoisotopic (exact) mass is 445 g/mol. The lowest BCUT2D eigenvalue weighted by molar-refractivity contribution is 0.159. The SMILES string of the molecule is CC(C)Oc1ccc(-c2ncc(-c3cccc4c3CCC4N3CC[C@H](O)C3)s2)cc1C#N. The Hall–Kier alpha value is -2.72. The van der Waals surface area contributed by atoms with E-state index in [2.05, 4.69) is 34.2 Å². The first-order chi connectivity index (χ1) is 15.5. The van der Waals surface area contributed by atoms with Gasteiger partial charge in [-0.05, 0) is 68.0 Å². The minimum absolute atomic E-state index is 0.0206. The van der Waals surface area contributed by atoms with E-state index >= 15 is 0 Å². The summed E-state index contributed by atoms with van der Waals surface area (Å²) in [4.78, 5) is 8.27. The molecule has 0 bridgehead atoms. The number of aromatic nitrogens is 1. The summed E-state index contributed by atoms with van der Waals surface area (Å²) in [7, 11) is 0. The lowest BCUT2D eigenvalue weighted by Gasteiger charge is -2.24. The van der Waals surface area contributed by atoms with Gasteiger partial charge >= 0.3 is 0 Å². The number of β-amino-alcohol motifs (C(OH)–C–C–N with tert-alkyl or cyclic N) is 1. The average molecular weight is 446 g/mol. The summed E-state index contributed by atoms with van der Waals surface area (Å²) < 4.78 is 5.75. The Labute approximate surface area is 192 Å². The van der Waals surface area contributed by atoms with Crippen molar-refractivity contribution in [3.63, 3.8) is 0 Å². The minimum atomic E-state index is -0.193. The Morgan fingerprint density at radius 3 is 2.88 bits per heavy atom. The molecule has 0 amide bonds. The smallest absolute Gasteiger partial charge is 0.137 e. The van der Waals surface area contributed by atoms with Crippen LogP contribution in [0, 0.1) is 11.3 Å². The minimum Gasteiger partial charge on any atom is -0.490 e. The fourth-order valence-electron chi connectivity index (χ4n) is 4.93. The Bertz CT molecular complexity index is 1180. The van der Waals surface area contributed by atoms with E-state index in [-0.39, 0.29) is 12.2 Å². The van der Waals surface area contributed by atoms with Crippen molar-refractivity contribution in [3.05, 3.63) is 59.3 Å². The molecule has 2 aliphatic rings. The summed E-state index contributed by atoms with van der Waals surface area (Å²) >= 11 is 1.66. The largest absolute Gasteiger partial charge is 0.490 e. The number of nitrogens with zero attached hydrogens (tertiary/aromatic N) is 3. The van der Waals surface area contributed by atoms with E-state index in [1.54, 1.807) is 11.3 Å². The van der Waals surface area contributed by atoms with Crippen LogP contribution in [0.1, 0.15) is 49.4 Å². The summed E-state index contributed by atoms with van der Waals surface area (Å²) in [5, 5.41) is 20.4. The van der Waals surface area contributed by atoms with E-state index in [1.165, 1.54) is 16.7 Å². The highest BCUT2D eigenvalue weighted by Crippen LogP contribution is 2.43. The predicted octanol–water partition coefficient (Wildman–Crippen LogP) is 5.19. The van der Waals surface area contributed by atoms with Gasteiger partial charge in [0.25, 0.3) is 0 Å². The molecule has 1 saturated heterocycles. The van der Waals surface area contributed by atoms with Gasteiger partial charge in [-0.15, -0.1) is 11.3 Å². The molecule has 5 rings (SSSR count). The van der Waals surface area contributed by atoms with Crippen LogP contribution in [0.5, 0.6) is 5.75 Å². The van der Waals surface area contributed by atoms with Gasteiger partial charge in [0.1, 0.15) is 16.8 Å². The molecule has 5 nitrogen and oxygen atoms in total. The van der Waals surface area contributed by atoms with Gasteiger partial charge in [-0.2, -0.15) is 5.26 Å². The first-order valence-corrected chi connectivity index (χ1v) is 12.1. The molecule has 1 N–H and O–H groups in total. The van der Waals surface area contributed by atoms with Gasteiger partial charge in [-0.1, -0.05) is 18.2 Å². The summed E-state index contributed by atoms with van der Waals surface area (Å²) in [6.45, 7) is 5.66. The number of rotatable bonds is 5. The number of aliphatic hydroxyl groups is 1. The molecular weight excluding hydrogens is 418 g/mol. The summed E-state index contributed by atoms with van der Waals surface area (Å²) in [6.07, 6.45) is 4.81. The van der Waals surface area contributed by atoms with Gasteiger partial charge in [0.2, 0.25) is 0 Å². The van der Waals surface area contributed by atoms with E-state index in [0.29, 0.717) is 17.4 Å². The van der Waals surface area contributed by atoms with Crippen LogP contribution in [0.2, 0.25) is 0 Å². The molecule has 6 heteroatoms. The van der Waals surface area contributed by atoms with Crippen molar-refractivity contribution in [3.8, 4) is 32.8 Å². The third-order valence-corrected chi connectivity index (χ3v) is 7.44. The highest BCUT2D eigenvalue weighted by molar-refractivity contribution is 7.18. The molecule has 1 aliphatic heterocycles. The Kier molecular flexibility index (Phi) is 5.73. The number of nitriles is 1. The van der Waals surface area contributed by atoms with Crippen LogP contribution < -0.4 is 4.74 Å². The molecule has 1 unspecified atom stereocenters. The lowest BCUT2D eigenvalue weighted by Crippen LogP contribution is -2.26. The van der Waals surface area contributed by atoms with Crippen LogP contribution in [-0.2, 0) is 6.42 Å². The van der Waals surface area contributed by atoms with Crippen molar-refractivity contribution in [1.82, 2.24) is 9.88 Å². The van der Waals surface area contributed by atoms with E-state index in [1.807, 2.05) is 38.2 Å². The molecule has 2 atom stereocenters. The third kappa shape index (κ3) is 3.93. The molecule has 0 radical (unpaired) electrons.